The Kier molecular flexibility index (Phi) is 5.05. The van der Waals surface area contributed by atoms with Crippen LogP contribution < -0.4 is 4.90 Å². The summed E-state index contributed by atoms with van der Waals surface area (Å²) in [4.78, 5) is 34.9. The van der Waals surface area contributed by atoms with E-state index in [2.05, 4.69) is 4.90 Å². The van der Waals surface area contributed by atoms with Gasteiger partial charge in [-0.05, 0) is 24.3 Å². The van der Waals surface area contributed by atoms with Crippen LogP contribution in [0, 0.1) is 16.0 Å². The van der Waals surface area contributed by atoms with Crippen molar-refractivity contribution in [3.8, 4) is 0 Å². The van der Waals surface area contributed by atoms with Crippen LogP contribution in [0.2, 0.25) is 0 Å². The highest BCUT2D eigenvalue weighted by Crippen LogP contribution is 2.18. The zero-order valence-corrected chi connectivity index (χ0v) is 11.8. The minimum Gasteiger partial charge on any atom is -0.481 e. The van der Waals surface area contributed by atoms with E-state index in [0.29, 0.717) is 13.2 Å². The fraction of sp³-hybridized carbons (Fsp3) is 0.429. The summed E-state index contributed by atoms with van der Waals surface area (Å²) >= 11 is 0. The summed E-state index contributed by atoms with van der Waals surface area (Å²) in [5, 5.41) is 19.4. The fourth-order valence-corrected chi connectivity index (χ4v) is 2.28. The third kappa shape index (κ3) is 3.79. The number of hydrogen-bond acceptors (Lipinski definition) is 6. The zero-order chi connectivity index (χ0) is 16.1. The Bertz CT molecular complexity index is 565. The van der Waals surface area contributed by atoms with Crippen LogP contribution in [0.5, 0.6) is 0 Å². The van der Waals surface area contributed by atoms with Crippen molar-refractivity contribution in [2.24, 2.45) is 5.92 Å². The van der Waals surface area contributed by atoms with Crippen LogP contribution in [0.1, 0.15) is 10.4 Å². The van der Waals surface area contributed by atoms with E-state index in [1.807, 2.05) is 0 Å². The van der Waals surface area contributed by atoms with E-state index in [-0.39, 0.29) is 5.56 Å². The Morgan fingerprint density at radius 1 is 1.27 bits per heavy atom. The number of aliphatic carboxylic acids is 1. The molecule has 0 aliphatic carbocycles. The van der Waals surface area contributed by atoms with Gasteiger partial charge in [0.1, 0.15) is 0 Å². The molecule has 2 rings (SSSR count). The molecule has 1 heterocycles. The summed E-state index contributed by atoms with van der Waals surface area (Å²) in [6, 6.07) is 6.43. The number of hydrogen-bond donors (Lipinski definition) is 1. The highest BCUT2D eigenvalue weighted by molar-refractivity contribution is 6.08. The van der Waals surface area contributed by atoms with Gasteiger partial charge in [0.05, 0.1) is 13.2 Å². The molecule has 1 aromatic rings. The molecule has 8 nitrogen and oxygen atoms in total. The van der Waals surface area contributed by atoms with Gasteiger partial charge in [-0.15, -0.1) is 0 Å². The summed E-state index contributed by atoms with van der Waals surface area (Å²) in [6.45, 7) is 1.83. The number of benzene rings is 1. The van der Waals surface area contributed by atoms with Gasteiger partial charge in [0.15, 0.2) is 11.7 Å². The molecule has 0 saturated carbocycles. The maximum atomic E-state index is 12.1. The smallest absolute Gasteiger partial charge is 0.321 e. The molecule has 1 fully saturated rings. The Hall–Kier alpha value is -2.48. The average molecular weight is 308 g/mol. The van der Waals surface area contributed by atoms with Gasteiger partial charge in [-0.1, -0.05) is 0 Å². The van der Waals surface area contributed by atoms with Gasteiger partial charge in [0, 0.05) is 29.3 Å². The zero-order valence-electron chi connectivity index (χ0n) is 11.8. The van der Waals surface area contributed by atoms with Crippen LogP contribution in [-0.4, -0.2) is 54.6 Å². The Morgan fingerprint density at radius 2 is 1.86 bits per heavy atom. The van der Waals surface area contributed by atoms with E-state index >= 15 is 0 Å². The standard InChI is InChI=1S/C14H16N2O6/c17-13(12(14(18)19)9-16(20)21)10-1-3-11(4-2-10)15-5-7-22-8-6-15/h1-4,12H,5-9H2,(H,18,19). The molecule has 0 spiro atoms. The van der Waals surface area contributed by atoms with E-state index in [9.17, 15) is 19.7 Å². The molecule has 0 aromatic heterocycles. The molecule has 22 heavy (non-hydrogen) atoms. The van der Waals surface area contributed by atoms with Crippen LogP contribution in [0.3, 0.4) is 0 Å². The van der Waals surface area contributed by atoms with E-state index in [1.165, 1.54) is 12.1 Å². The highest BCUT2D eigenvalue weighted by Gasteiger charge is 2.32. The van der Waals surface area contributed by atoms with Crippen molar-refractivity contribution in [2.45, 2.75) is 0 Å². The molecule has 1 aliphatic heterocycles. The quantitative estimate of drug-likeness (QED) is 0.356. The predicted molar refractivity (Wildman–Crippen MR) is 76.8 cm³/mol. The second-order valence-electron chi connectivity index (χ2n) is 4.92. The third-order valence-electron chi connectivity index (χ3n) is 3.47. The lowest BCUT2D eigenvalue weighted by Crippen LogP contribution is -2.36. The van der Waals surface area contributed by atoms with E-state index < -0.39 is 29.1 Å². The van der Waals surface area contributed by atoms with Crippen molar-refractivity contribution >= 4 is 17.4 Å². The first-order valence-corrected chi connectivity index (χ1v) is 6.80. The lowest BCUT2D eigenvalue weighted by Gasteiger charge is -2.28. The second kappa shape index (κ2) is 6.99. The molecular formula is C14H16N2O6. The number of morpholine rings is 1. The molecule has 1 unspecified atom stereocenters. The Labute approximate surface area is 126 Å². The van der Waals surface area contributed by atoms with Crippen molar-refractivity contribution in [3.05, 3.63) is 39.9 Å². The number of carboxylic acids is 1. The number of nitrogens with zero attached hydrogens (tertiary/aromatic N) is 2. The molecule has 0 amide bonds. The lowest BCUT2D eigenvalue weighted by molar-refractivity contribution is -0.483. The molecule has 1 atom stereocenters. The van der Waals surface area contributed by atoms with Crippen molar-refractivity contribution in [2.75, 3.05) is 37.7 Å². The van der Waals surface area contributed by atoms with E-state index in [1.54, 1.807) is 12.1 Å². The monoisotopic (exact) mass is 308 g/mol. The summed E-state index contributed by atoms with van der Waals surface area (Å²) in [6.07, 6.45) is 0. The molecule has 1 N–H and O–H groups in total. The number of nitro groups is 1. The number of ether oxygens (including phenoxy) is 1. The number of carbonyl (C=O) groups is 2. The molecule has 0 radical (unpaired) electrons. The number of rotatable bonds is 6. The number of ketones is 1. The summed E-state index contributed by atoms with van der Waals surface area (Å²) in [7, 11) is 0. The molecule has 1 aliphatic rings. The van der Waals surface area contributed by atoms with Crippen LogP contribution in [-0.2, 0) is 9.53 Å². The first kappa shape index (κ1) is 15.9. The molecule has 0 bridgehead atoms. The van der Waals surface area contributed by atoms with Crippen LogP contribution in [0.25, 0.3) is 0 Å². The minimum atomic E-state index is -1.66. The van der Waals surface area contributed by atoms with Gasteiger partial charge >= 0.3 is 5.97 Å². The minimum absolute atomic E-state index is 0.159. The Balaban J connectivity index is 2.12. The summed E-state index contributed by atoms with van der Waals surface area (Å²) in [5.74, 6) is -3.90. The first-order chi connectivity index (χ1) is 10.5. The number of carboxylic acid groups (broad SMARTS) is 1. The predicted octanol–water partition coefficient (Wildman–Crippen LogP) is 0.683. The SMILES string of the molecule is O=C(O)C(C[N+](=O)[O-])C(=O)c1ccc(N2CCOCC2)cc1. The van der Waals surface area contributed by atoms with Crippen LogP contribution in [0.15, 0.2) is 24.3 Å². The van der Waals surface area contributed by atoms with Gasteiger partial charge in [-0.2, -0.15) is 0 Å². The third-order valence-corrected chi connectivity index (χ3v) is 3.47. The molecule has 1 aromatic carbocycles. The molecular weight excluding hydrogens is 292 g/mol. The van der Waals surface area contributed by atoms with Gasteiger partial charge in [-0.25, -0.2) is 0 Å². The number of Topliss-reactive ketones (excluding diaryl/α,β-unsaturated/α-hetero) is 1. The number of anilines is 1. The first-order valence-electron chi connectivity index (χ1n) is 6.80. The maximum Gasteiger partial charge on any atom is 0.321 e. The normalized spacial score (nSPS) is 16.1. The van der Waals surface area contributed by atoms with E-state index in [0.717, 1.165) is 18.8 Å². The highest BCUT2D eigenvalue weighted by atomic mass is 16.6. The van der Waals surface area contributed by atoms with Crippen molar-refractivity contribution in [1.82, 2.24) is 0 Å². The van der Waals surface area contributed by atoms with Gasteiger partial charge < -0.3 is 14.7 Å². The molecule has 8 heteroatoms. The number of carbonyl (C=O) groups excluding carboxylic acids is 1. The van der Waals surface area contributed by atoms with Crippen LogP contribution >= 0.6 is 0 Å². The average Bonchev–Trinajstić information content (AvgIpc) is 2.52. The van der Waals surface area contributed by atoms with Crippen molar-refractivity contribution in [1.29, 1.82) is 0 Å². The fourth-order valence-electron chi connectivity index (χ4n) is 2.28. The lowest BCUT2D eigenvalue weighted by atomic mass is 9.97. The van der Waals surface area contributed by atoms with E-state index in [4.69, 9.17) is 9.84 Å². The van der Waals surface area contributed by atoms with Gasteiger partial charge in [0.25, 0.3) is 0 Å². The van der Waals surface area contributed by atoms with Gasteiger partial charge in [-0.3, -0.25) is 19.7 Å². The largest absolute Gasteiger partial charge is 0.481 e. The van der Waals surface area contributed by atoms with Crippen molar-refractivity contribution in [3.63, 3.8) is 0 Å². The molecule has 118 valence electrons. The van der Waals surface area contributed by atoms with Gasteiger partial charge in [0.2, 0.25) is 6.54 Å². The molecule has 1 saturated heterocycles. The van der Waals surface area contributed by atoms with Crippen molar-refractivity contribution < 1.29 is 24.4 Å². The van der Waals surface area contributed by atoms with Crippen LogP contribution in [0.4, 0.5) is 5.69 Å². The Morgan fingerprint density at radius 3 is 2.36 bits per heavy atom. The summed E-state index contributed by atoms with van der Waals surface area (Å²) < 4.78 is 5.25. The summed E-state index contributed by atoms with van der Waals surface area (Å²) in [5.41, 5.74) is 1.06. The topological polar surface area (TPSA) is 110 Å². The second-order valence-corrected chi connectivity index (χ2v) is 4.92. The maximum absolute atomic E-state index is 12.1.